The predicted octanol–water partition coefficient (Wildman–Crippen LogP) is 1.55. The molecule has 1 aliphatic heterocycles. The molecule has 112 valence electrons. The maximum absolute atomic E-state index is 13.0. The van der Waals surface area contributed by atoms with Crippen molar-refractivity contribution in [2.75, 3.05) is 18.1 Å². The van der Waals surface area contributed by atoms with Gasteiger partial charge in [-0.25, -0.2) is 9.78 Å². The summed E-state index contributed by atoms with van der Waals surface area (Å²) < 4.78 is 31.4. The van der Waals surface area contributed by atoms with E-state index in [1.165, 1.54) is 6.07 Å². The highest BCUT2D eigenvalue weighted by Gasteiger charge is 2.55. The minimum atomic E-state index is -3.38. The number of carboxylic acid groups (broad SMARTS) is 1. The Kier molecular flexibility index (Phi) is 3.03. The summed E-state index contributed by atoms with van der Waals surface area (Å²) >= 11 is 0. The molecule has 8 heteroatoms. The van der Waals surface area contributed by atoms with Crippen LogP contribution in [-0.4, -0.2) is 41.0 Å². The van der Waals surface area contributed by atoms with Gasteiger partial charge in [-0.15, -0.1) is 0 Å². The number of ether oxygens (including phenoxy) is 1. The van der Waals surface area contributed by atoms with Crippen LogP contribution in [0.1, 0.15) is 23.3 Å². The Hall–Kier alpha value is -2.25. The van der Waals surface area contributed by atoms with Gasteiger partial charge in [0.25, 0.3) is 5.91 Å². The van der Waals surface area contributed by atoms with E-state index in [0.717, 1.165) is 23.8 Å². The van der Waals surface area contributed by atoms with Crippen molar-refractivity contribution in [3.8, 4) is 5.88 Å². The van der Waals surface area contributed by atoms with Gasteiger partial charge in [0.2, 0.25) is 5.88 Å². The highest BCUT2D eigenvalue weighted by atomic mass is 19.3. The van der Waals surface area contributed by atoms with Crippen molar-refractivity contribution in [3.05, 3.63) is 17.8 Å². The van der Waals surface area contributed by atoms with Crippen molar-refractivity contribution in [1.29, 1.82) is 0 Å². The van der Waals surface area contributed by atoms with Crippen LogP contribution in [0.3, 0.4) is 0 Å². The molecule has 1 aromatic heterocycles. The number of β-lactam (4-membered cyclic amide) rings is 1. The second kappa shape index (κ2) is 4.64. The van der Waals surface area contributed by atoms with Gasteiger partial charge in [0.15, 0.2) is 5.69 Å². The lowest BCUT2D eigenvalue weighted by atomic mass is 10.1. The molecule has 2 aliphatic rings. The molecule has 2 heterocycles. The van der Waals surface area contributed by atoms with Crippen molar-refractivity contribution >= 4 is 17.6 Å². The minimum Gasteiger partial charge on any atom is -0.477 e. The summed E-state index contributed by atoms with van der Waals surface area (Å²) in [6.07, 6.45) is 2.02. The lowest BCUT2D eigenvalue weighted by Crippen LogP contribution is -2.62. The lowest BCUT2D eigenvalue weighted by Gasteiger charge is -2.37. The van der Waals surface area contributed by atoms with Crippen LogP contribution in [0.25, 0.3) is 0 Å². The second-order valence-electron chi connectivity index (χ2n) is 5.18. The number of halogens is 2. The molecular weight excluding hydrogens is 286 g/mol. The monoisotopic (exact) mass is 298 g/mol. The maximum atomic E-state index is 13.0. The smallest absolute Gasteiger partial charge is 0.354 e. The number of aromatic carboxylic acids is 1. The standard InChI is InChI=1S/C13H12F2N2O4/c14-13(15)6-17(12(13)20)9-4-3-8(11(18)19)16-10(9)21-5-7-1-2-7/h3-4,7H,1-2,5-6H2,(H,18,19). The van der Waals surface area contributed by atoms with Crippen molar-refractivity contribution in [2.24, 2.45) is 5.92 Å². The zero-order valence-corrected chi connectivity index (χ0v) is 10.9. The summed E-state index contributed by atoms with van der Waals surface area (Å²) in [5, 5.41) is 8.92. The topological polar surface area (TPSA) is 79.7 Å². The first-order valence-electron chi connectivity index (χ1n) is 6.45. The third-order valence-corrected chi connectivity index (χ3v) is 3.42. The number of aromatic nitrogens is 1. The molecule has 1 saturated carbocycles. The van der Waals surface area contributed by atoms with Gasteiger partial charge in [0.1, 0.15) is 5.69 Å². The molecular formula is C13H12F2N2O4. The minimum absolute atomic E-state index is 0.0802. The van der Waals surface area contributed by atoms with Crippen LogP contribution in [0, 0.1) is 5.92 Å². The van der Waals surface area contributed by atoms with Crippen LogP contribution >= 0.6 is 0 Å². The van der Waals surface area contributed by atoms with E-state index in [4.69, 9.17) is 9.84 Å². The molecule has 0 bridgehead atoms. The molecule has 0 unspecified atom stereocenters. The Morgan fingerprint density at radius 2 is 2.19 bits per heavy atom. The van der Waals surface area contributed by atoms with Crippen molar-refractivity contribution < 1.29 is 28.2 Å². The van der Waals surface area contributed by atoms with Gasteiger partial charge in [-0.3, -0.25) is 9.69 Å². The number of carbonyl (C=O) groups is 2. The van der Waals surface area contributed by atoms with E-state index in [1.807, 2.05) is 0 Å². The Morgan fingerprint density at radius 3 is 2.71 bits per heavy atom. The molecule has 1 aliphatic carbocycles. The molecule has 1 amide bonds. The summed E-state index contributed by atoms with van der Waals surface area (Å²) in [5.41, 5.74) is -0.180. The van der Waals surface area contributed by atoms with E-state index in [-0.39, 0.29) is 17.3 Å². The normalized spacial score (nSPS) is 20.1. The number of carboxylic acids is 1. The predicted molar refractivity (Wildman–Crippen MR) is 66.7 cm³/mol. The first kappa shape index (κ1) is 13.7. The summed E-state index contributed by atoms with van der Waals surface area (Å²) in [7, 11) is 0. The second-order valence-corrected chi connectivity index (χ2v) is 5.18. The molecule has 0 atom stereocenters. The van der Waals surface area contributed by atoms with Gasteiger partial charge in [-0.2, -0.15) is 8.78 Å². The molecule has 0 radical (unpaired) electrons. The SMILES string of the molecule is O=C(O)c1ccc(N2CC(F)(F)C2=O)c(OCC2CC2)n1. The highest BCUT2D eigenvalue weighted by Crippen LogP contribution is 2.38. The van der Waals surface area contributed by atoms with Crippen molar-refractivity contribution in [1.82, 2.24) is 4.98 Å². The third-order valence-electron chi connectivity index (χ3n) is 3.42. The number of rotatable bonds is 5. The molecule has 3 rings (SSSR count). The molecule has 21 heavy (non-hydrogen) atoms. The average Bonchev–Trinajstić information content (AvgIpc) is 3.26. The fraction of sp³-hybridized carbons (Fsp3) is 0.462. The van der Waals surface area contributed by atoms with Gasteiger partial charge in [-0.05, 0) is 30.9 Å². The van der Waals surface area contributed by atoms with E-state index in [2.05, 4.69) is 4.98 Å². The van der Waals surface area contributed by atoms with Gasteiger partial charge < -0.3 is 9.84 Å². The van der Waals surface area contributed by atoms with Crippen LogP contribution in [0.5, 0.6) is 5.88 Å². The number of hydrogen-bond donors (Lipinski definition) is 1. The summed E-state index contributed by atoms with van der Waals surface area (Å²) in [6.45, 7) is -0.415. The average molecular weight is 298 g/mol. The number of carbonyl (C=O) groups excluding carboxylic acids is 1. The zero-order chi connectivity index (χ0) is 15.2. The van der Waals surface area contributed by atoms with E-state index < -0.39 is 24.3 Å². The van der Waals surface area contributed by atoms with Gasteiger partial charge >= 0.3 is 11.9 Å². The highest BCUT2D eigenvalue weighted by molar-refractivity contribution is 6.06. The first-order chi connectivity index (χ1) is 9.88. The Morgan fingerprint density at radius 1 is 1.48 bits per heavy atom. The number of anilines is 1. The molecule has 1 N–H and O–H groups in total. The van der Waals surface area contributed by atoms with E-state index in [9.17, 15) is 18.4 Å². The van der Waals surface area contributed by atoms with Gasteiger partial charge in [-0.1, -0.05) is 0 Å². The molecule has 0 aromatic carbocycles. The van der Waals surface area contributed by atoms with Crippen molar-refractivity contribution in [3.63, 3.8) is 0 Å². The fourth-order valence-corrected chi connectivity index (χ4v) is 1.98. The molecule has 1 aromatic rings. The Bertz CT molecular complexity index is 616. The van der Waals surface area contributed by atoms with Crippen LogP contribution in [0.15, 0.2) is 12.1 Å². The number of nitrogens with zero attached hydrogens (tertiary/aromatic N) is 2. The van der Waals surface area contributed by atoms with E-state index in [1.54, 1.807) is 0 Å². The quantitative estimate of drug-likeness (QED) is 0.834. The lowest BCUT2D eigenvalue weighted by molar-refractivity contribution is -0.152. The number of amides is 1. The molecule has 2 fully saturated rings. The number of hydrogen-bond acceptors (Lipinski definition) is 4. The molecule has 6 nitrogen and oxygen atoms in total. The number of pyridine rings is 1. The Balaban J connectivity index is 1.87. The van der Waals surface area contributed by atoms with Crippen LogP contribution in [0.4, 0.5) is 14.5 Å². The van der Waals surface area contributed by atoms with E-state index in [0.29, 0.717) is 12.5 Å². The maximum Gasteiger partial charge on any atom is 0.354 e. The summed E-state index contributed by atoms with van der Waals surface area (Å²) in [6, 6.07) is 2.43. The van der Waals surface area contributed by atoms with Crippen LogP contribution in [-0.2, 0) is 4.79 Å². The fourth-order valence-electron chi connectivity index (χ4n) is 1.98. The first-order valence-corrected chi connectivity index (χ1v) is 6.45. The van der Waals surface area contributed by atoms with Crippen molar-refractivity contribution in [2.45, 2.75) is 18.8 Å². The van der Waals surface area contributed by atoms with Crippen LogP contribution < -0.4 is 9.64 Å². The van der Waals surface area contributed by atoms with Crippen LogP contribution in [0.2, 0.25) is 0 Å². The zero-order valence-electron chi connectivity index (χ0n) is 10.9. The summed E-state index contributed by atoms with van der Waals surface area (Å²) in [4.78, 5) is 26.9. The largest absolute Gasteiger partial charge is 0.477 e. The number of alkyl halides is 2. The van der Waals surface area contributed by atoms with Gasteiger partial charge in [0.05, 0.1) is 13.2 Å². The summed E-state index contributed by atoms with van der Waals surface area (Å²) in [5.74, 6) is -5.67. The molecule has 1 saturated heterocycles. The molecule has 0 spiro atoms. The van der Waals surface area contributed by atoms with E-state index >= 15 is 0 Å². The third kappa shape index (κ3) is 2.53. The van der Waals surface area contributed by atoms with Gasteiger partial charge in [0, 0.05) is 0 Å². The Labute approximate surface area is 118 Å².